The van der Waals surface area contributed by atoms with E-state index in [9.17, 15) is 14.4 Å². The molecule has 0 spiro atoms. The van der Waals surface area contributed by atoms with E-state index in [-0.39, 0.29) is 12.5 Å². The molecule has 0 heterocycles. The van der Waals surface area contributed by atoms with E-state index in [0.29, 0.717) is 6.54 Å². The van der Waals surface area contributed by atoms with Crippen molar-refractivity contribution in [3.63, 3.8) is 0 Å². The number of nitrogens with zero attached hydrogens (tertiary/aromatic N) is 1. The standard InChI is InChI=1S/C12H23N3O4/c1-5-6-13-10(16)9(3)14-12(19)15(4)7-8(2)11(17)18/h8-9H,5-7H2,1-4H3,(H,13,16)(H,14,19)(H,17,18). The van der Waals surface area contributed by atoms with E-state index in [1.54, 1.807) is 6.92 Å². The zero-order valence-electron chi connectivity index (χ0n) is 11.9. The SMILES string of the molecule is CCCNC(=O)C(C)NC(=O)N(C)CC(C)C(=O)O. The summed E-state index contributed by atoms with van der Waals surface area (Å²) in [6.45, 7) is 5.68. The Labute approximate surface area is 113 Å². The van der Waals surface area contributed by atoms with E-state index in [0.717, 1.165) is 6.42 Å². The van der Waals surface area contributed by atoms with Gasteiger partial charge < -0.3 is 20.6 Å². The lowest BCUT2D eigenvalue weighted by Gasteiger charge is -2.22. The first-order valence-corrected chi connectivity index (χ1v) is 6.31. The average molecular weight is 273 g/mol. The predicted octanol–water partition coefficient (Wildman–Crippen LogP) is 0.263. The van der Waals surface area contributed by atoms with Crippen molar-refractivity contribution in [3.05, 3.63) is 0 Å². The van der Waals surface area contributed by atoms with Crippen LogP contribution in [-0.4, -0.2) is 54.1 Å². The molecule has 0 radical (unpaired) electrons. The zero-order chi connectivity index (χ0) is 15.0. The first-order chi connectivity index (χ1) is 8.79. The monoisotopic (exact) mass is 273 g/mol. The Morgan fingerprint density at radius 3 is 2.32 bits per heavy atom. The normalized spacial score (nSPS) is 13.3. The fourth-order valence-electron chi connectivity index (χ4n) is 1.33. The fraction of sp³-hybridized carbons (Fsp3) is 0.750. The minimum Gasteiger partial charge on any atom is -0.481 e. The second-order valence-electron chi connectivity index (χ2n) is 4.58. The Kier molecular flexibility index (Phi) is 7.55. The molecule has 0 fully saturated rings. The topological polar surface area (TPSA) is 98.7 Å². The van der Waals surface area contributed by atoms with Gasteiger partial charge in [-0.2, -0.15) is 0 Å². The Bertz CT molecular complexity index is 333. The number of nitrogens with one attached hydrogen (secondary N) is 2. The van der Waals surface area contributed by atoms with Gasteiger partial charge in [0.1, 0.15) is 6.04 Å². The Morgan fingerprint density at radius 2 is 1.84 bits per heavy atom. The van der Waals surface area contributed by atoms with Gasteiger partial charge in [0.25, 0.3) is 0 Å². The molecule has 110 valence electrons. The number of carbonyl (C=O) groups excluding carboxylic acids is 2. The van der Waals surface area contributed by atoms with E-state index < -0.39 is 24.0 Å². The van der Waals surface area contributed by atoms with Crippen LogP contribution in [0.3, 0.4) is 0 Å². The van der Waals surface area contributed by atoms with E-state index in [1.807, 2.05) is 6.92 Å². The van der Waals surface area contributed by atoms with E-state index in [2.05, 4.69) is 10.6 Å². The van der Waals surface area contributed by atoms with Crippen molar-refractivity contribution in [1.29, 1.82) is 0 Å². The lowest BCUT2D eigenvalue weighted by Crippen LogP contribution is -2.50. The number of urea groups is 1. The maximum atomic E-state index is 11.7. The zero-order valence-corrected chi connectivity index (χ0v) is 11.9. The molecule has 3 N–H and O–H groups in total. The number of carboxylic acids is 1. The van der Waals surface area contributed by atoms with Gasteiger partial charge >= 0.3 is 12.0 Å². The molecule has 19 heavy (non-hydrogen) atoms. The van der Waals surface area contributed by atoms with Gasteiger partial charge in [0, 0.05) is 20.1 Å². The van der Waals surface area contributed by atoms with Crippen LogP contribution in [0, 0.1) is 5.92 Å². The van der Waals surface area contributed by atoms with E-state index >= 15 is 0 Å². The van der Waals surface area contributed by atoms with Gasteiger partial charge in [-0.05, 0) is 13.3 Å². The molecule has 3 amide bonds. The highest BCUT2D eigenvalue weighted by Gasteiger charge is 2.20. The fourth-order valence-corrected chi connectivity index (χ4v) is 1.33. The summed E-state index contributed by atoms with van der Waals surface area (Å²) < 4.78 is 0. The van der Waals surface area contributed by atoms with Gasteiger partial charge in [-0.15, -0.1) is 0 Å². The highest BCUT2D eigenvalue weighted by Crippen LogP contribution is 1.99. The average Bonchev–Trinajstić information content (AvgIpc) is 2.35. The van der Waals surface area contributed by atoms with E-state index in [4.69, 9.17) is 5.11 Å². The smallest absolute Gasteiger partial charge is 0.317 e. The number of carbonyl (C=O) groups is 3. The first-order valence-electron chi connectivity index (χ1n) is 6.31. The van der Waals surface area contributed by atoms with Crippen LogP contribution in [0.5, 0.6) is 0 Å². The summed E-state index contributed by atoms with van der Waals surface area (Å²) in [6, 6.07) is -1.12. The molecule has 0 aromatic heterocycles. The van der Waals surface area contributed by atoms with Crippen LogP contribution < -0.4 is 10.6 Å². The molecule has 0 aliphatic heterocycles. The highest BCUT2D eigenvalue weighted by atomic mass is 16.4. The van der Waals surface area contributed by atoms with E-state index in [1.165, 1.54) is 18.9 Å². The van der Waals surface area contributed by atoms with Crippen LogP contribution in [-0.2, 0) is 9.59 Å². The molecule has 2 atom stereocenters. The van der Waals surface area contributed by atoms with Crippen molar-refractivity contribution in [1.82, 2.24) is 15.5 Å². The molecule has 0 saturated carbocycles. The lowest BCUT2D eigenvalue weighted by molar-refractivity contribution is -0.141. The first kappa shape index (κ1) is 17.2. The molecule has 0 rings (SSSR count). The predicted molar refractivity (Wildman–Crippen MR) is 70.7 cm³/mol. The Morgan fingerprint density at radius 1 is 1.26 bits per heavy atom. The van der Waals surface area contributed by atoms with Crippen molar-refractivity contribution in [2.24, 2.45) is 5.92 Å². The minimum atomic E-state index is -0.964. The summed E-state index contributed by atoms with van der Waals surface area (Å²) >= 11 is 0. The Balaban J connectivity index is 4.21. The third-order valence-corrected chi connectivity index (χ3v) is 2.60. The summed E-state index contributed by atoms with van der Waals surface area (Å²) in [5.74, 6) is -1.87. The largest absolute Gasteiger partial charge is 0.481 e. The van der Waals surface area contributed by atoms with Gasteiger partial charge in [-0.3, -0.25) is 9.59 Å². The third-order valence-electron chi connectivity index (χ3n) is 2.60. The van der Waals surface area contributed by atoms with Gasteiger partial charge in [0.2, 0.25) is 5.91 Å². The summed E-state index contributed by atoms with van der Waals surface area (Å²) in [6.07, 6.45) is 0.822. The molecule has 0 aliphatic carbocycles. The maximum Gasteiger partial charge on any atom is 0.317 e. The molecular weight excluding hydrogens is 250 g/mol. The van der Waals surface area contributed by atoms with Gasteiger partial charge in [-0.25, -0.2) is 4.79 Å². The molecule has 0 saturated heterocycles. The minimum absolute atomic E-state index is 0.0878. The summed E-state index contributed by atoms with van der Waals surface area (Å²) in [4.78, 5) is 35.2. The van der Waals surface area contributed by atoms with Gasteiger partial charge in [0.15, 0.2) is 0 Å². The Hall–Kier alpha value is -1.79. The molecule has 7 nitrogen and oxygen atoms in total. The number of aliphatic carboxylic acids is 1. The van der Waals surface area contributed by atoms with Crippen LogP contribution in [0.15, 0.2) is 0 Å². The van der Waals surface area contributed by atoms with Crippen LogP contribution in [0.1, 0.15) is 27.2 Å². The molecule has 7 heteroatoms. The van der Waals surface area contributed by atoms with Crippen molar-refractivity contribution in [2.75, 3.05) is 20.1 Å². The number of hydrogen-bond donors (Lipinski definition) is 3. The molecule has 0 aromatic rings. The number of carboxylic acid groups (broad SMARTS) is 1. The van der Waals surface area contributed by atoms with Gasteiger partial charge in [0.05, 0.1) is 5.92 Å². The molecule has 0 aliphatic rings. The number of hydrogen-bond acceptors (Lipinski definition) is 3. The van der Waals surface area contributed by atoms with Crippen LogP contribution in [0.2, 0.25) is 0 Å². The lowest BCUT2D eigenvalue weighted by atomic mass is 10.2. The van der Waals surface area contributed by atoms with Crippen LogP contribution >= 0.6 is 0 Å². The summed E-state index contributed by atoms with van der Waals surface area (Å²) in [7, 11) is 1.49. The quantitative estimate of drug-likeness (QED) is 0.619. The maximum absolute atomic E-state index is 11.7. The molecule has 2 unspecified atom stereocenters. The second kappa shape index (κ2) is 8.34. The number of rotatable bonds is 7. The van der Waals surface area contributed by atoms with Crippen molar-refractivity contribution in [3.8, 4) is 0 Å². The summed E-state index contributed by atoms with van der Waals surface area (Å²) in [5, 5.41) is 13.9. The molecule has 0 bridgehead atoms. The number of amides is 3. The van der Waals surface area contributed by atoms with Crippen molar-refractivity contribution < 1.29 is 19.5 Å². The third kappa shape index (κ3) is 6.64. The molecular formula is C12H23N3O4. The van der Waals surface area contributed by atoms with Crippen molar-refractivity contribution >= 4 is 17.9 Å². The highest BCUT2D eigenvalue weighted by molar-refractivity contribution is 5.86. The summed E-state index contributed by atoms with van der Waals surface area (Å²) in [5.41, 5.74) is 0. The van der Waals surface area contributed by atoms with Crippen LogP contribution in [0.4, 0.5) is 4.79 Å². The van der Waals surface area contributed by atoms with Crippen LogP contribution in [0.25, 0.3) is 0 Å². The van der Waals surface area contributed by atoms with Gasteiger partial charge in [-0.1, -0.05) is 13.8 Å². The molecule has 0 aromatic carbocycles. The van der Waals surface area contributed by atoms with Crippen molar-refractivity contribution in [2.45, 2.75) is 33.2 Å². The second-order valence-corrected chi connectivity index (χ2v) is 4.58.